The molecule has 0 aliphatic heterocycles. The molecule has 1 aromatic heterocycles. The van der Waals surface area contributed by atoms with Gasteiger partial charge in [-0.3, -0.25) is 14.2 Å². The van der Waals surface area contributed by atoms with Crippen molar-refractivity contribution >= 4 is 17.5 Å². The van der Waals surface area contributed by atoms with Gasteiger partial charge in [0.1, 0.15) is 10.8 Å². The molecule has 1 fully saturated rings. The van der Waals surface area contributed by atoms with Gasteiger partial charge in [0, 0.05) is 11.4 Å². The third kappa shape index (κ3) is 4.60. The molecule has 0 radical (unpaired) electrons. The van der Waals surface area contributed by atoms with E-state index in [0.717, 1.165) is 31.2 Å². The molecule has 0 saturated heterocycles. The van der Waals surface area contributed by atoms with E-state index < -0.39 is 0 Å². The first-order chi connectivity index (χ1) is 15.9. The van der Waals surface area contributed by atoms with E-state index in [9.17, 15) is 14.0 Å². The van der Waals surface area contributed by atoms with Crippen molar-refractivity contribution in [3.8, 4) is 5.69 Å². The second-order valence-corrected chi connectivity index (χ2v) is 9.05. The van der Waals surface area contributed by atoms with Crippen LogP contribution in [0.4, 0.5) is 4.39 Å². The molecule has 172 valence electrons. The van der Waals surface area contributed by atoms with Crippen molar-refractivity contribution in [1.82, 2.24) is 9.88 Å². The van der Waals surface area contributed by atoms with Crippen LogP contribution in [-0.4, -0.2) is 10.5 Å². The van der Waals surface area contributed by atoms with Gasteiger partial charge in [-0.15, -0.1) is 0 Å². The van der Waals surface area contributed by atoms with Gasteiger partial charge in [0.15, 0.2) is 0 Å². The number of rotatable bonds is 7. The quantitative estimate of drug-likeness (QED) is 0.453. The molecule has 0 spiro atoms. The van der Waals surface area contributed by atoms with Gasteiger partial charge in [0.2, 0.25) is 0 Å². The average molecular weight is 467 g/mol. The molecule has 6 heteroatoms. The third-order valence-electron chi connectivity index (χ3n) is 6.51. The number of amides is 1. The molecule has 0 bridgehead atoms. The highest BCUT2D eigenvalue weighted by Crippen LogP contribution is 2.38. The highest BCUT2D eigenvalue weighted by Gasteiger charge is 2.32. The summed E-state index contributed by atoms with van der Waals surface area (Å²) in [5.41, 5.74) is 2.61. The number of para-hydroxylation sites is 1. The van der Waals surface area contributed by atoms with Crippen molar-refractivity contribution in [2.24, 2.45) is 5.92 Å². The minimum atomic E-state index is -0.332. The number of hydrogen-bond donors (Lipinski definition) is 1. The fraction of sp³-hybridized carbons (Fsp3) is 0.333. The van der Waals surface area contributed by atoms with E-state index in [1.54, 1.807) is 13.0 Å². The zero-order valence-corrected chi connectivity index (χ0v) is 19.7. The number of halogens is 2. The van der Waals surface area contributed by atoms with E-state index in [-0.39, 0.29) is 34.3 Å². The number of benzene rings is 2. The Bertz CT molecular complexity index is 1220. The van der Waals surface area contributed by atoms with Crippen LogP contribution in [0.5, 0.6) is 0 Å². The number of pyridine rings is 1. The standard InChI is InChI=1S/C27H28ClFN2O2/c1-3-9-22-23(17(2)31(27(33)24(22)28)21-14-5-4-6-15-21)26(32)30-25(18-10-7-11-18)19-12-8-13-20(29)16-19/h4-6,8,12-16,18,25H,3,7,9-11H2,1-2H3,(H,30,32). The SMILES string of the molecule is CCCc1c(C(=O)NC(c2cccc(F)c2)C2CCC2)c(C)n(-c2ccccc2)c(=O)c1Cl. The van der Waals surface area contributed by atoms with Gasteiger partial charge in [-0.1, -0.05) is 61.7 Å². The van der Waals surface area contributed by atoms with Crippen LogP contribution in [0, 0.1) is 18.7 Å². The van der Waals surface area contributed by atoms with E-state index in [0.29, 0.717) is 28.9 Å². The summed E-state index contributed by atoms with van der Waals surface area (Å²) in [7, 11) is 0. The highest BCUT2D eigenvalue weighted by molar-refractivity contribution is 6.31. The first-order valence-electron chi connectivity index (χ1n) is 11.5. The van der Waals surface area contributed by atoms with E-state index >= 15 is 0 Å². The summed E-state index contributed by atoms with van der Waals surface area (Å²) in [5.74, 6) is -0.362. The predicted molar refractivity (Wildman–Crippen MR) is 130 cm³/mol. The van der Waals surface area contributed by atoms with Gasteiger partial charge in [-0.05, 0) is 67.5 Å². The molecule has 1 N–H and O–H groups in total. The molecule has 2 aromatic carbocycles. The Morgan fingerprint density at radius 1 is 1.18 bits per heavy atom. The molecule has 4 rings (SSSR count). The second kappa shape index (κ2) is 9.92. The summed E-state index contributed by atoms with van der Waals surface area (Å²) >= 11 is 6.56. The van der Waals surface area contributed by atoms with Crippen LogP contribution in [0.25, 0.3) is 5.69 Å². The molecule has 4 nitrogen and oxygen atoms in total. The van der Waals surface area contributed by atoms with Crippen molar-refractivity contribution in [2.75, 3.05) is 0 Å². The molecule has 1 heterocycles. The zero-order valence-electron chi connectivity index (χ0n) is 18.9. The van der Waals surface area contributed by atoms with E-state index in [4.69, 9.17) is 11.6 Å². The Morgan fingerprint density at radius 2 is 1.91 bits per heavy atom. The normalized spacial score (nSPS) is 14.5. The summed E-state index contributed by atoms with van der Waals surface area (Å²) in [6.45, 7) is 3.76. The predicted octanol–water partition coefficient (Wildman–Crippen LogP) is 6.16. The largest absolute Gasteiger partial charge is 0.345 e. The number of carbonyl (C=O) groups excluding carboxylic acids is 1. The van der Waals surface area contributed by atoms with Crippen LogP contribution < -0.4 is 10.9 Å². The molecule has 1 aliphatic carbocycles. The summed E-state index contributed by atoms with van der Waals surface area (Å²) in [6, 6.07) is 15.3. The van der Waals surface area contributed by atoms with E-state index in [2.05, 4.69) is 5.32 Å². The molecule has 1 aliphatic rings. The molecule has 1 atom stereocenters. The van der Waals surface area contributed by atoms with Crippen molar-refractivity contribution in [3.63, 3.8) is 0 Å². The monoisotopic (exact) mass is 466 g/mol. The van der Waals surface area contributed by atoms with Crippen LogP contribution >= 0.6 is 11.6 Å². The molecular formula is C27H28ClFN2O2. The first-order valence-corrected chi connectivity index (χ1v) is 11.9. The van der Waals surface area contributed by atoms with Crippen molar-refractivity contribution in [1.29, 1.82) is 0 Å². The van der Waals surface area contributed by atoms with Gasteiger partial charge in [-0.2, -0.15) is 0 Å². The minimum absolute atomic E-state index is 0.0717. The number of carbonyl (C=O) groups is 1. The van der Waals surface area contributed by atoms with Crippen molar-refractivity contribution < 1.29 is 9.18 Å². The number of nitrogens with zero attached hydrogens (tertiary/aromatic N) is 1. The highest BCUT2D eigenvalue weighted by atomic mass is 35.5. The molecule has 1 saturated carbocycles. The van der Waals surface area contributed by atoms with Crippen LogP contribution in [0.1, 0.15) is 65.8 Å². The molecule has 1 unspecified atom stereocenters. The van der Waals surface area contributed by atoms with Crippen molar-refractivity contribution in [3.05, 3.63) is 98.2 Å². The summed E-state index contributed by atoms with van der Waals surface area (Å²) in [6.07, 6.45) is 4.31. The summed E-state index contributed by atoms with van der Waals surface area (Å²) < 4.78 is 15.5. The molecular weight excluding hydrogens is 439 g/mol. The Morgan fingerprint density at radius 3 is 2.52 bits per heavy atom. The van der Waals surface area contributed by atoms with Crippen molar-refractivity contribution in [2.45, 2.75) is 52.0 Å². The minimum Gasteiger partial charge on any atom is -0.345 e. The maximum Gasteiger partial charge on any atom is 0.274 e. The van der Waals surface area contributed by atoms with Crippen LogP contribution in [-0.2, 0) is 6.42 Å². The lowest BCUT2D eigenvalue weighted by molar-refractivity contribution is 0.0898. The zero-order chi connectivity index (χ0) is 23.5. The second-order valence-electron chi connectivity index (χ2n) is 8.68. The smallest absolute Gasteiger partial charge is 0.274 e. The number of nitrogens with one attached hydrogen (secondary N) is 1. The Kier molecular flexibility index (Phi) is 6.99. The lowest BCUT2D eigenvalue weighted by Crippen LogP contribution is -2.38. The molecule has 33 heavy (non-hydrogen) atoms. The van der Waals surface area contributed by atoms with Gasteiger partial charge in [0.25, 0.3) is 11.5 Å². The third-order valence-corrected chi connectivity index (χ3v) is 6.90. The van der Waals surface area contributed by atoms with Gasteiger partial charge in [0.05, 0.1) is 11.6 Å². The Hall–Kier alpha value is -2.92. The lowest BCUT2D eigenvalue weighted by atomic mass is 9.77. The lowest BCUT2D eigenvalue weighted by Gasteiger charge is -2.35. The van der Waals surface area contributed by atoms with Crippen LogP contribution in [0.2, 0.25) is 5.02 Å². The van der Waals surface area contributed by atoms with E-state index in [1.807, 2.05) is 43.3 Å². The Balaban J connectivity index is 1.81. The van der Waals surface area contributed by atoms with Crippen LogP contribution in [0.15, 0.2) is 59.4 Å². The topological polar surface area (TPSA) is 51.1 Å². The number of hydrogen-bond acceptors (Lipinski definition) is 2. The molecule has 3 aromatic rings. The van der Waals surface area contributed by atoms with Gasteiger partial charge < -0.3 is 5.32 Å². The summed E-state index contributed by atoms with van der Waals surface area (Å²) in [4.78, 5) is 26.9. The van der Waals surface area contributed by atoms with Gasteiger partial charge >= 0.3 is 0 Å². The number of aromatic nitrogens is 1. The fourth-order valence-corrected chi connectivity index (χ4v) is 4.93. The molecule has 1 amide bonds. The fourth-order valence-electron chi connectivity index (χ4n) is 4.65. The average Bonchev–Trinajstić information content (AvgIpc) is 2.76. The summed E-state index contributed by atoms with van der Waals surface area (Å²) in [5, 5.41) is 3.24. The van der Waals surface area contributed by atoms with Gasteiger partial charge in [-0.25, -0.2) is 4.39 Å². The van der Waals surface area contributed by atoms with E-state index in [1.165, 1.54) is 16.7 Å². The maximum atomic E-state index is 14.0. The maximum absolute atomic E-state index is 14.0. The first kappa shape index (κ1) is 23.2. The van der Waals surface area contributed by atoms with Crippen LogP contribution in [0.3, 0.4) is 0 Å². The Labute approximate surface area is 198 Å².